The minimum Gasteiger partial charge on any atom is -0.370 e. The molecule has 70 heavy (non-hydrogen) atoms. The maximum Gasteiger partial charge on any atom is 0.318 e. The Labute approximate surface area is 390 Å². The van der Waals surface area contributed by atoms with Crippen molar-refractivity contribution in [3.8, 4) is 0 Å². The van der Waals surface area contributed by atoms with E-state index in [2.05, 4.69) is 35.6 Å². The van der Waals surface area contributed by atoms with Crippen molar-refractivity contribution in [1.29, 1.82) is 0 Å². The van der Waals surface area contributed by atoms with E-state index in [9.17, 15) is 64.2 Å². The molecular formula is C34H43N23O13. The van der Waals surface area contributed by atoms with Gasteiger partial charge in [-0.05, 0) is 5.56 Å². The number of nitro groups is 3. The number of nitrogens with two attached hydrogens (primary N) is 9. The number of primary amides is 1. The Bertz CT molecular complexity index is 2630. The number of amides is 6. The van der Waals surface area contributed by atoms with Crippen LogP contribution in [0.15, 0.2) is 86.8 Å². The van der Waals surface area contributed by atoms with Crippen LogP contribution in [0.2, 0.25) is 0 Å². The van der Waals surface area contributed by atoms with Crippen molar-refractivity contribution in [3.63, 3.8) is 0 Å². The number of aliphatic imine (C=N–C) groups is 4. The first kappa shape index (κ1) is 53.8. The molecule has 0 aliphatic carbocycles. The summed E-state index contributed by atoms with van der Waals surface area (Å²) in [5.41, 5.74) is 45.5. The van der Waals surface area contributed by atoms with Crippen LogP contribution in [0.4, 0.5) is 22.9 Å². The van der Waals surface area contributed by atoms with Gasteiger partial charge in [0.1, 0.15) is 12.2 Å². The van der Waals surface area contributed by atoms with Gasteiger partial charge in [-0.15, -0.1) is 0 Å². The van der Waals surface area contributed by atoms with Gasteiger partial charge >= 0.3 is 5.69 Å². The number of aliphatic hydroxyl groups is 1. The van der Waals surface area contributed by atoms with E-state index < -0.39 is 140 Å². The van der Waals surface area contributed by atoms with Gasteiger partial charge < -0.3 is 88.2 Å². The number of carbonyl (C=O) groups excluding carboxylic acids is 6. The van der Waals surface area contributed by atoms with Crippen LogP contribution in [0.1, 0.15) is 17.2 Å². The van der Waals surface area contributed by atoms with Crippen LogP contribution in [-0.2, 0) is 35.3 Å². The molecule has 0 aliphatic rings. The lowest BCUT2D eigenvalue weighted by Gasteiger charge is -2.29. The highest BCUT2D eigenvalue weighted by molar-refractivity contribution is 5.99. The number of hydrogen-bond donors (Lipinski definition) is 15. The summed E-state index contributed by atoms with van der Waals surface area (Å²) in [6.45, 7) is -0.889. The summed E-state index contributed by atoms with van der Waals surface area (Å²) in [6.07, 6.45) is -10.7. The lowest BCUT2D eigenvalue weighted by molar-refractivity contribution is -0.394. The summed E-state index contributed by atoms with van der Waals surface area (Å²) < 4.78 is 0. The molecule has 0 bridgehead atoms. The first-order valence-electron chi connectivity index (χ1n) is 19.0. The number of anilines is 1. The predicted octanol–water partition coefficient (Wildman–Crippen LogP) is -7.66. The highest BCUT2D eigenvalue weighted by Gasteiger charge is 2.37. The zero-order valence-electron chi connectivity index (χ0n) is 35.6. The fourth-order valence-electron chi connectivity index (χ4n) is 5.57. The molecule has 3 aromatic rings. The number of nitrogens with one attached hydrogen (secondary N) is 5. The van der Waals surface area contributed by atoms with Crippen LogP contribution < -0.4 is 83.1 Å². The normalized spacial score (nSPS) is 13.0. The summed E-state index contributed by atoms with van der Waals surface area (Å²) in [4.78, 5) is 131. The van der Waals surface area contributed by atoms with Crippen LogP contribution in [0.25, 0.3) is 0 Å². The van der Waals surface area contributed by atoms with E-state index in [0.717, 1.165) is 6.07 Å². The van der Waals surface area contributed by atoms with E-state index in [1.54, 1.807) is 0 Å². The molecule has 3 rings (SSSR count). The molecule has 1 aromatic heterocycles. The number of nitrogens with zero attached hydrogens (tertiary/aromatic N) is 9. The molecule has 24 N–H and O–H groups in total. The van der Waals surface area contributed by atoms with Crippen LogP contribution in [-0.4, -0.2) is 115 Å². The number of para-hydroxylation sites is 1. The maximum absolute atomic E-state index is 14.1. The number of pyridine rings is 1. The second-order valence-electron chi connectivity index (χ2n) is 13.6. The van der Waals surface area contributed by atoms with Crippen molar-refractivity contribution in [2.24, 2.45) is 71.6 Å². The summed E-state index contributed by atoms with van der Waals surface area (Å²) in [7, 11) is 0. The summed E-state index contributed by atoms with van der Waals surface area (Å²) in [5.74, 6) is -12.7. The van der Waals surface area contributed by atoms with Crippen LogP contribution in [0.5, 0.6) is 0 Å². The Morgan fingerprint density at radius 1 is 0.571 bits per heavy atom. The number of guanidine groups is 4. The summed E-state index contributed by atoms with van der Waals surface area (Å²) in [6, 6.07) is 10.0. The molecule has 2 aromatic carbocycles. The maximum atomic E-state index is 14.1. The zero-order valence-corrected chi connectivity index (χ0v) is 35.6. The van der Waals surface area contributed by atoms with Crippen LogP contribution >= 0.6 is 0 Å². The van der Waals surface area contributed by atoms with E-state index in [4.69, 9.17) is 51.6 Å². The van der Waals surface area contributed by atoms with Gasteiger partial charge in [-0.1, -0.05) is 48.5 Å². The SMILES string of the molecule is NC(=O)C(N=C(N)N)NC(=O)C(N=C(N)N)NC(=O)C(N=C(N)N)NC(=O)C(N=C(N)N)NC(=O)C(NC(=O)C(O)N(Cc1ccccc1[N+](=O)[O-])c1ncc([N+](=O)[O-])cc1[N+](=O)[O-])c1ccccc1. The molecule has 0 saturated carbocycles. The number of aliphatic hydroxyl groups excluding tert-OH is 1. The molecule has 1 heterocycles. The number of aromatic nitrogens is 1. The highest BCUT2D eigenvalue weighted by atomic mass is 16.6. The molecule has 6 atom stereocenters. The minimum absolute atomic E-state index is 0.0886. The van der Waals surface area contributed by atoms with E-state index >= 15 is 0 Å². The largest absolute Gasteiger partial charge is 0.370 e. The Morgan fingerprint density at radius 3 is 1.44 bits per heavy atom. The first-order chi connectivity index (χ1) is 32.8. The summed E-state index contributed by atoms with van der Waals surface area (Å²) in [5, 5.41) is 57.3. The molecule has 6 unspecified atom stereocenters. The molecule has 372 valence electrons. The van der Waals surface area contributed by atoms with Crippen molar-refractivity contribution in [1.82, 2.24) is 31.6 Å². The van der Waals surface area contributed by atoms with E-state index in [-0.39, 0.29) is 11.1 Å². The third kappa shape index (κ3) is 15.3. The third-order valence-electron chi connectivity index (χ3n) is 8.50. The van der Waals surface area contributed by atoms with Crippen molar-refractivity contribution in [2.45, 2.75) is 43.5 Å². The zero-order chi connectivity index (χ0) is 52.6. The van der Waals surface area contributed by atoms with Gasteiger partial charge in [0.25, 0.3) is 40.9 Å². The smallest absolute Gasteiger partial charge is 0.318 e. The Kier molecular flexibility index (Phi) is 18.5. The lowest BCUT2D eigenvalue weighted by atomic mass is 10.1. The molecule has 0 aliphatic heterocycles. The number of benzene rings is 2. The van der Waals surface area contributed by atoms with Gasteiger partial charge in [0.15, 0.2) is 23.8 Å². The molecule has 0 fully saturated rings. The van der Waals surface area contributed by atoms with Crippen molar-refractivity contribution < 1.29 is 48.6 Å². The Balaban J connectivity index is 2.04. The van der Waals surface area contributed by atoms with Gasteiger partial charge in [0.2, 0.25) is 42.6 Å². The van der Waals surface area contributed by atoms with Crippen molar-refractivity contribution >= 4 is 82.2 Å². The van der Waals surface area contributed by atoms with Crippen molar-refractivity contribution in [3.05, 3.63) is 108 Å². The number of hydrogen-bond acceptors (Lipinski definition) is 19. The Hall–Kier alpha value is -10.6. The quantitative estimate of drug-likeness (QED) is 0.0138. The fraction of sp³-hybridized carbons (Fsp3) is 0.206. The lowest BCUT2D eigenvalue weighted by Crippen LogP contribution is -2.58. The number of carbonyl (C=O) groups is 6. The fourth-order valence-corrected chi connectivity index (χ4v) is 5.57. The van der Waals surface area contributed by atoms with Crippen LogP contribution in [0, 0.1) is 30.3 Å². The van der Waals surface area contributed by atoms with Crippen molar-refractivity contribution in [2.75, 3.05) is 4.90 Å². The molecule has 6 amide bonds. The molecular weight excluding hydrogens is 939 g/mol. The van der Waals surface area contributed by atoms with Crippen LogP contribution in [0.3, 0.4) is 0 Å². The molecule has 0 spiro atoms. The highest BCUT2D eigenvalue weighted by Crippen LogP contribution is 2.33. The second kappa shape index (κ2) is 24.1. The molecule has 0 saturated heterocycles. The number of nitro benzene ring substituents is 1. The third-order valence-corrected chi connectivity index (χ3v) is 8.50. The average molecular weight is 982 g/mol. The topological polar surface area (TPSA) is 612 Å². The average Bonchev–Trinajstić information content (AvgIpc) is 3.28. The van der Waals surface area contributed by atoms with Gasteiger partial charge in [-0.25, -0.2) is 25.0 Å². The molecule has 36 nitrogen and oxygen atoms in total. The van der Waals surface area contributed by atoms with E-state index in [0.29, 0.717) is 17.2 Å². The summed E-state index contributed by atoms with van der Waals surface area (Å²) >= 11 is 0. The minimum atomic E-state index is -2.65. The van der Waals surface area contributed by atoms with E-state index in [1.165, 1.54) is 48.5 Å². The first-order valence-corrected chi connectivity index (χ1v) is 19.0. The number of rotatable bonds is 23. The van der Waals surface area contributed by atoms with Gasteiger partial charge in [0.05, 0.1) is 27.4 Å². The van der Waals surface area contributed by atoms with Gasteiger partial charge in [-0.3, -0.25) is 59.1 Å². The monoisotopic (exact) mass is 981 g/mol. The second-order valence-corrected chi connectivity index (χ2v) is 13.6. The standard InChI is InChI=1S/C34H43N23O13/c35-19(58)20(50-31(36)37)46-26(60)22(52-33(40)41)48-28(62)23(53-34(42)43)49-27(61)21(51-32(38)39)47-25(59)18(13-6-2-1-3-7-13)45-29(63)30(64)54(12-14-8-4-5-9-16(14)56(67)68)24-17(57(69)70)10-15(11-44-24)55(65)66/h1-11,18,20-23,30,64H,12H2,(H2,35,58)(H,45,63)(H,46,60)(H,47,59)(H,48,62)(H,49,61)(H4,36,37,50)(H4,38,39,51)(H4,40,41,52)(H4,42,43,53). The van der Waals surface area contributed by atoms with E-state index in [1.807, 2.05) is 16.0 Å². The molecule has 0 radical (unpaired) electrons. The molecule has 36 heteroatoms. The Morgan fingerprint density at radius 2 is 1.00 bits per heavy atom. The predicted molar refractivity (Wildman–Crippen MR) is 240 cm³/mol. The van der Waals surface area contributed by atoms with Gasteiger partial charge in [0, 0.05) is 11.6 Å². The van der Waals surface area contributed by atoms with Gasteiger partial charge in [-0.2, -0.15) is 0 Å².